The molecule has 37 heavy (non-hydrogen) atoms. The zero-order valence-corrected chi connectivity index (χ0v) is 20.8. The molecule has 3 aromatic heterocycles. The van der Waals surface area contributed by atoms with Gasteiger partial charge in [0.1, 0.15) is 17.7 Å². The second-order valence-corrected chi connectivity index (χ2v) is 9.54. The number of fused-ring (bicyclic) bond motifs is 1. The molecule has 1 aliphatic rings. The highest BCUT2D eigenvalue weighted by atomic mass is 35.5. The number of rotatable bonds is 5. The summed E-state index contributed by atoms with van der Waals surface area (Å²) < 4.78 is 20.9. The lowest BCUT2D eigenvalue weighted by Gasteiger charge is -2.23. The molecule has 1 saturated heterocycles. The third kappa shape index (κ3) is 5.03. The van der Waals surface area contributed by atoms with Crippen LogP contribution in [0.4, 0.5) is 4.39 Å². The largest absolute Gasteiger partial charge is 0.490 e. The number of piperidine rings is 1. The van der Waals surface area contributed by atoms with E-state index in [9.17, 15) is 4.39 Å². The Kier molecular flexibility index (Phi) is 6.51. The number of ether oxygens (including phenoxy) is 1. The van der Waals surface area contributed by atoms with Crippen molar-refractivity contribution in [1.82, 2.24) is 20.3 Å². The first-order chi connectivity index (χ1) is 18.1. The van der Waals surface area contributed by atoms with Gasteiger partial charge in [-0.2, -0.15) is 0 Å². The molecule has 5 nitrogen and oxygen atoms in total. The van der Waals surface area contributed by atoms with Gasteiger partial charge in [0.15, 0.2) is 5.65 Å². The van der Waals surface area contributed by atoms with Gasteiger partial charge in [-0.05, 0) is 91.7 Å². The normalized spacial score (nSPS) is 14.1. The maximum absolute atomic E-state index is 14.7. The third-order valence-corrected chi connectivity index (χ3v) is 6.85. The lowest BCUT2D eigenvalue weighted by Crippen LogP contribution is -2.34. The maximum Gasteiger partial charge on any atom is 0.160 e. The predicted molar refractivity (Wildman–Crippen MR) is 145 cm³/mol. The van der Waals surface area contributed by atoms with E-state index in [1.54, 1.807) is 18.5 Å². The molecule has 1 N–H and O–H groups in total. The molecule has 1 fully saturated rings. The zero-order chi connectivity index (χ0) is 25.2. The standard InChI is InChI=1S/C30H24ClFN4O/c31-22-5-8-28(32)27(15-22)29-16-26(25-2-1-11-35-30(25)36-29)21-14-20(17-34-18-21)19-3-6-23(7-4-19)37-24-9-12-33-13-10-24/h1-8,11,14-18,24,33H,9-10,12-13H2. The molecule has 0 spiro atoms. The molecule has 0 atom stereocenters. The quantitative estimate of drug-likeness (QED) is 0.277. The first-order valence-corrected chi connectivity index (χ1v) is 12.7. The summed E-state index contributed by atoms with van der Waals surface area (Å²) in [5.41, 5.74) is 5.07. The van der Waals surface area contributed by atoms with Crippen molar-refractivity contribution in [3.8, 4) is 39.3 Å². The molecule has 7 heteroatoms. The molecule has 0 saturated carbocycles. The fourth-order valence-electron chi connectivity index (χ4n) is 4.70. The van der Waals surface area contributed by atoms with Gasteiger partial charge in [0, 0.05) is 45.7 Å². The Labute approximate surface area is 219 Å². The Hall–Kier alpha value is -3.87. The van der Waals surface area contributed by atoms with Gasteiger partial charge in [-0.3, -0.25) is 4.98 Å². The van der Waals surface area contributed by atoms with Gasteiger partial charge >= 0.3 is 0 Å². The minimum Gasteiger partial charge on any atom is -0.490 e. The molecule has 1 aliphatic heterocycles. The molecule has 4 heterocycles. The summed E-state index contributed by atoms with van der Waals surface area (Å²) in [4.78, 5) is 13.6. The number of hydrogen-bond acceptors (Lipinski definition) is 5. The highest BCUT2D eigenvalue weighted by molar-refractivity contribution is 6.30. The second kappa shape index (κ2) is 10.2. The molecular formula is C30H24ClFN4O. The van der Waals surface area contributed by atoms with E-state index >= 15 is 0 Å². The van der Waals surface area contributed by atoms with Gasteiger partial charge in [0.05, 0.1) is 5.69 Å². The van der Waals surface area contributed by atoms with Crippen LogP contribution in [0.1, 0.15) is 12.8 Å². The minimum atomic E-state index is -0.392. The number of benzene rings is 2. The van der Waals surface area contributed by atoms with Gasteiger partial charge in [0.25, 0.3) is 0 Å². The van der Waals surface area contributed by atoms with E-state index in [4.69, 9.17) is 16.3 Å². The van der Waals surface area contributed by atoms with Crippen LogP contribution >= 0.6 is 11.6 Å². The fraction of sp³-hybridized carbons (Fsp3) is 0.167. The number of nitrogens with one attached hydrogen (secondary N) is 1. The van der Waals surface area contributed by atoms with E-state index < -0.39 is 5.82 Å². The molecule has 0 bridgehead atoms. The lowest BCUT2D eigenvalue weighted by molar-refractivity contribution is 0.162. The van der Waals surface area contributed by atoms with Crippen LogP contribution in [0.5, 0.6) is 5.75 Å². The Morgan fingerprint density at radius 3 is 2.51 bits per heavy atom. The number of aromatic nitrogens is 3. The first kappa shape index (κ1) is 23.5. The molecule has 2 aromatic carbocycles. The fourth-order valence-corrected chi connectivity index (χ4v) is 4.88. The van der Waals surface area contributed by atoms with Crippen molar-refractivity contribution in [2.45, 2.75) is 18.9 Å². The van der Waals surface area contributed by atoms with Gasteiger partial charge in [-0.15, -0.1) is 0 Å². The number of pyridine rings is 3. The summed E-state index contributed by atoms with van der Waals surface area (Å²) in [6, 6.07) is 20.4. The molecular weight excluding hydrogens is 487 g/mol. The summed E-state index contributed by atoms with van der Waals surface area (Å²) in [5, 5.41) is 4.66. The van der Waals surface area contributed by atoms with E-state index in [0.717, 1.165) is 59.3 Å². The second-order valence-electron chi connectivity index (χ2n) is 9.11. The van der Waals surface area contributed by atoms with Gasteiger partial charge < -0.3 is 10.1 Å². The topological polar surface area (TPSA) is 59.9 Å². The van der Waals surface area contributed by atoms with Crippen LogP contribution in [0.3, 0.4) is 0 Å². The van der Waals surface area contributed by atoms with E-state index in [1.807, 2.05) is 36.5 Å². The summed E-state index contributed by atoms with van der Waals surface area (Å²) in [6.07, 6.45) is 7.61. The van der Waals surface area contributed by atoms with E-state index in [-0.39, 0.29) is 6.10 Å². The summed E-state index contributed by atoms with van der Waals surface area (Å²) in [7, 11) is 0. The Morgan fingerprint density at radius 1 is 0.865 bits per heavy atom. The van der Waals surface area contributed by atoms with Gasteiger partial charge in [-0.25, -0.2) is 14.4 Å². The zero-order valence-electron chi connectivity index (χ0n) is 20.0. The monoisotopic (exact) mass is 510 g/mol. The number of hydrogen-bond donors (Lipinski definition) is 1. The summed E-state index contributed by atoms with van der Waals surface area (Å²) >= 11 is 6.16. The Balaban J connectivity index is 1.37. The van der Waals surface area contributed by atoms with Crippen molar-refractivity contribution in [2.75, 3.05) is 13.1 Å². The van der Waals surface area contributed by atoms with Crippen LogP contribution in [0, 0.1) is 5.82 Å². The molecule has 0 amide bonds. The van der Waals surface area contributed by atoms with Crippen LogP contribution in [-0.2, 0) is 0 Å². The van der Waals surface area contributed by atoms with Crippen LogP contribution in [0.25, 0.3) is 44.5 Å². The van der Waals surface area contributed by atoms with Gasteiger partial charge in [0.2, 0.25) is 0 Å². The van der Waals surface area contributed by atoms with E-state index in [1.165, 1.54) is 12.1 Å². The number of halogens is 2. The average Bonchev–Trinajstić information content (AvgIpc) is 2.95. The number of nitrogens with zero attached hydrogens (tertiary/aromatic N) is 3. The molecule has 0 radical (unpaired) electrons. The van der Waals surface area contributed by atoms with Crippen molar-refractivity contribution >= 4 is 22.6 Å². The molecule has 6 rings (SSSR count). The summed E-state index contributed by atoms with van der Waals surface area (Å²) in [6.45, 7) is 1.98. The highest BCUT2D eigenvalue weighted by Gasteiger charge is 2.16. The molecule has 5 aromatic rings. The van der Waals surface area contributed by atoms with Crippen LogP contribution in [0.15, 0.2) is 85.3 Å². The molecule has 0 aliphatic carbocycles. The molecule has 184 valence electrons. The van der Waals surface area contributed by atoms with Gasteiger partial charge in [-0.1, -0.05) is 23.7 Å². The van der Waals surface area contributed by atoms with Crippen molar-refractivity contribution < 1.29 is 9.13 Å². The van der Waals surface area contributed by atoms with E-state index in [0.29, 0.717) is 21.9 Å². The van der Waals surface area contributed by atoms with Crippen molar-refractivity contribution in [3.05, 3.63) is 96.2 Å². The SMILES string of the molecule is Fc1ccc(Cl)cc1-c1cc(-c2cncc(-c3ccc(OC4CCNCC4)cc3)c2)c2cccnc2n1. The Bertz CT molecular complexity index is 1570. The average molecular weight is 511 g/mol. The molecule has 0 unspecified atom stereocenters. The maximum atomic E-state index is 14.7. The van der Waals surface area contributed by atoms with Crippen molar-refractivity contribution in [3.63, 3.8) is 0 Å². The highest BCUT2D eigenvalue weighted by Crippen LogP contribution is 2.34. The Morgan fingerprint density at radius 2 is 1.68 bits per heavy atom. The van der Waals surface area contributed by atoms with Crippen LogP contribution in [-0.4, -0.2) is 34.1 Å². The van der Waals surface area contributed by atoms with Crippen molar-refractivity contribution in [1.29, 1.82) is 0 Å². The van der Waals surface area contributed by atoms with Crippen LogP contribution in [0.2, 0.25) is 5.02 Å². The smallest absolute Gasteiger partial charge is 0.160 e. The predicted octanol–water partition coefficient (Wildman–Crippen LogP) is 6.95. The first-order valence-electron chi connectivity index (χ1n) is 12.3. The van der Waals surface area contributed by atoms with Crippen molar-refractivity contribution in [2.24, 2.45) is 0 Å². The van der Waals surface area contributed by atoms with Crippen LogP contribution < -0.4 is 10.1 Å². The lowest BCUT2D eigenvalue weighted by atomic mass is 9.98. The van der Waals surface area contributed by atoms with E-state index in [2.05, 4.69) is 38.5 Å². The summed E-state index contributed by atoms with van der Waals surface area (Å²) in [5.74, 6) is 0.482. The third-order valence-electron chi connectivity index (χ3n) is 6.61. The minimum absolute atomic E-state index is 0.254.